The maximum absolute atomic E-state index is 9.10. The molecule has 1 aromatic heterocycles. The number of aromatic nitrogens is 2. The minimum atomic E-state index is -1.82. The van der Waals surface area contributed by atoms with Gasteiger partial charge in [-0.1, -0.05) is 36.4 Å². The van der Waals surface area contributed by atoms with E-state index >= 15 is 0 Å². The topological polar surface area (TPSA) is 190 Å². The van der Waals surface area contributed by atoms with Crippen molar-refractivity contribution >= 4 is 40.5 Å². The number of nitrogens with one attached hydrogen (secondary N) is 1. The van der Waals surface area contributed by atoms with Crippen molar-refractivity contribution in [1.82, 2.24) is 15.1 Å². The zero-order valence-electron chi connectivity index (χ0n) is 20.9. The molecule has 12 nitrogen and oxygen atoms in total. The van der Waals surface area contributed by atoms with Crippen LogP contribution in [0.4, 0.5) is 5.82 Å². The molecule has 2 aromatic carbocycles. The standard InChI is InChI=1S/C21H26N4.2C2H2O4/c1-15-10-11-17(14-16(15)2)20-18-8-5-6-9-19(18)21(24-23-20)22-12-7-13-25(3)4;2*3-1(4)2(5)6/h5-6,8-11,14H,7,12-13H2,1-4H3,(H,22,24);2*(H,3,4)(H,5,6). The van der Waals surface area contributed by atoms with E-state index in [9.17, 15) is 0 Å². The minimum absolute atomic E-state index is 0.863. The maximum atomic E-state index is 9.10. The quantitative estimate of drug-likeness (QED) is 0.239. The van der Waals surface area contributed by atoms with Gasteiger partial charge in [-0.25, -0.2) is 19.2 Å². The molecule has 0 aliphatic rings. The van der Waals surface area contributed by atoms with Crippen molar-refractivity contribution in [1.29, 1.82) is 0 Å². The first-order chi connectivity index (χ1) is 17.3. The number of anilines is 1. The molecule has 0 aliphatic carbocycles. The second-order valence-electron chi connectivity index (χ2n) is 8.05. The lowest BCUT2D eigenvalue weighted by Gasteiger charge is -2.13. The van der Waals surface area contributed by atoms with E-state index in [0.717, 1.165) is 47.4 Å². The van der Waals surface area contributed by atoms with Crippen LogP contribution in [-0.2, 0) is 19.2 Å². The van der Waals surface area contributed by atoms with Crippen LogP contribution in [0.5, 0.6) is 0 Å². The van der Waals surface area contributed by atoms with Gasteiger partial charge in [0.2, 0.25) is 0 Å². The summed E-state index contributed by atoms with van der Waals surface area (Å²) >= 11 is 0. The predicted molar refractivity (Wildman–Crippen MR) is 137 cm³/mol. The van der Waals surface area contributed by atoms with E-state index in [0.29, 0.717) is 0 Å². The number of hydrogen-bond acceptors (Lipinski definition) is 8. The molecule has 1 heterocycles. The number of aliphatic carboxylic acids is 4. The molecule has 3 rings (SSSR count). The van der Waals surface area contributed by atoms with Gasteiger partial charge < -0.3 is 30.6 Å². The van der Waals surface area contributed by atoms with Crippen molar-refractivity contribution in [2.45, 2.75) is 20.3 Å². The van der Waals surface area contributed by atoms with Crippen LogP contribution in [-0.4, -0.2) is 86.6 Å². The van der Waals surface area contributed by atoms with Crippen molar-refractivity contribution in [2.24, 2.45) is 0 Å². The summed E-state index contributed by atoms with van der Waals surface area (Å²) in [6.07, 6.45) is 1.07. The van der Waals surface area contributed by atoms with E-state index in [4.69, 9.17) is 39.6 Å². The molecule has 37 heavy (non-hydrogen) atoms. The second kappa shape index (κ2) is 14.7. The fraction of sp³-hybridized carbons (Fsp3) is 0.280. The monoisotopic (exact) mass is 514 g/mol. The van der Waals surface area contributed by atoms with Gasteiger partial charge in [0.05, 0.1) is 0 Å². The summed E-state index contributed by atoms with van der Waals surface area (Å²) in [7, 11) is 4.18. The molecule has 0 unspecified atom stereocenters. The Labute approximate surface area is 213 Å². The Bertz CT molecular complexity index is 1210. The molecule has 0 radical (unpaired) electrons. The van der Waals surface area contributed by atoms with E-state index in [1.807, 2.05) is 0 Å². The summed E-state index contributed by atoms with van der Waals surface area (Å²) in [6.45, 7) is 6.21. The summed E-state index contributed by atoms with van der Waals surface area (Å²) in [6, 6.07) is 14.8. The van der Waals surface area contributed by atoms with E-state index in [-0.39, 0.29) is 0 Å². The highest BCUT2D eigenvalue weighted by Gasteiger charge is 2.11. The summed E-state index contributed by atoms with van der Waals surface area (Å²) in [5.41, 5.74) is 4.62. The molecule has 0 fully saturated rings. The lowest BCUT2D eigenvalue weighted by Crippen LogP contribution is -2.16. The van der Waals surface area contributed by atoms with Crippen LogP contribution < -0.4 is 5.32 Å². The molecule has 0 amide bonds. The first-order valence-corrected chi connectivity index (χ1v) is 11.0. The predicted octanol–water partition coefficient (Wildman–Crippen LogP) is 2.59. The fourth-order valence-corrected chi connectivity index (χ4v) is 2.94. The van der Waals surface area contributed by atoms with Gasteiger partial charge >= 0.3 is 23.9 Å². The Morgan fingerprint density at radius 2 is 1.32 bits per heavy atom. The fourth-order valence-electron chi connectivity index (χ4n) is 2.94. The lowest BCUT2D eigenvalue weighted by atomic mass is 10.0. The van der Waals surface area contributed by atoms with Gasteiger partial charge in [0.1, 0.15) is 5.69 Å². The van der Waals surface area contributed by atoms with Crippen LogP contribution in [0, 0.1) is 13.8 Å². The van der Waals surface area contributed by atoms with Crippen molar-refractivity contribution in [2.75, 3.05) is 32.5 Å². The average molecular weight is 515 g/mol. The van der Waals surface area contributed by atoms with Crippen LogP contribution in [0.2, 0.25) is 0 Å². The number of benzene rings is 2. The van der Waals surface area contributed by atoms with E-state index in [1.54, 1.807) is 0 Å². The Balaban J connectivity index is 0.000000476. The molecule has 3 aromatic rings. The molecule has 12 heteroatoms. The van der Waals surface area contributed by atoms with Crippen molar-refractivity contribution in [3.8, 4) is 11.3 Å². The Kier molecular flexibility index (Phi) is 12.1. The van der Waals surface area contributed by atoms with Gasteiger partial charge in [-0.2, -0.15) is 0 Å². The van der Waals surface area contributed by atoms with Gasteiger partial charge in [-0.15, -0.1) is 10.2 Å². The molecule has 198 valence electrons. The van der Waals surface area contributed by atoms with Crippen molar-refractivity contribution in [3.63, 3.8) is 0 Å². The number of hydrogen-bond donors (Lipinski definition) is 5. The smallest absolute Gasteiger partial charge is 0.414 e. The third-order valence-corrected chi connectivity index (χ3v) is 4.91. The molecule has 0 saturated heterocycles. The molecular weight excluding hydrogens is 484 g/mol. The van der Waals surface area contributed by atoms with Crippen LogP contribution in [0.1, 0.15) is 17.5 Å². The normalized spacial score (nSPS) is 9.97. The molecule has 0 spiro atoms. The third-order valence-electron chi connectivity index (χ3n) is 4.91. The number of carboxylic acid groups (broad SMARTS) is 4. The second-order valence-corrected chi connectivity index (χ2v) is 8.05. The number of rotatable bonds is 6. The Hall–Kier alpha value is -4.58. The molecular formula is C25H30N4O8. The number of fused-ring (bicyclic) bond motifs is 1. The highest BCUT2D eigenvalue weighted by Crippen LogP contribution is 2.30. The number of carboxylic acids is 4. The molecule has 0 atom stereocenters. The summed E-state index contributed by atoms with van der Waals surface area (Å²) in [5, 5.41) is 44.3. The number of carbonyl (C=O) groups is 4. The molecule has 0 bridgehead atoms. The lowest BCUT2D eigenvalue weighted by molar-refractivity contribution is -0.159. The molecule has 0 saturated carbocycles. The highest BCUT2D eigenvalue weighted by molar-refractivity contribution is 6.27. The molecule has 0 aliphatic heterocycles. The van der Waals surface area contributed by atoms with Gasteiger partial charge in [0, 0.05) is 22.9 Å². The number of aryl methyl sites for hydroxylation is 2. The average Bonchev–Trinajstić information content (AvgIpc) is 2.84. The van der Waals surface area contributed by atoms with Gasteiger partial charge in [-0.3, -0.25) is 0 Å². The zero-order chi connectivity index (χ0) is 28.1. The van der Waals surface area contributed by atoms with Crippen LogP contribution >= 0.6 is 0 Å². The van der Waals surface area contributed by atoms with Crippen LogP contribution in [0.15, 0.2) is 42.5 Å². The summed E-state index contributed by atoms with van der Waals surface area (Å²) < 4.78 is 0. The van der Waals surface area contributed by atoms with E-state index in [1.165, 1.54) is 11.1 Å². The summed E-state index contributed by atoms with van der Waals surface area (Å²) in [4.78, 5) is 38.6. The third kappa shape index (κ3) is 10.3. The van der Waals surface area contributed by atoms with Gasteiger partial charge in [0.25, 0.3) is 0 Å². The largest absolute Gasteiger partial charge is 0.473 e. The van der Waals surface area contributed by atoms with Crippen molar-refractivity contribution in [3.05, 3.63) is 53.6 Å². The number of nitrogens with zero attached hydrogens (tertiary/aromatic N) is 3. The zero-order valence-corrected chi connectivity index (χ0v) is 20.9. The Morgan fingerprint density at radius 3 is 1.81 bits per heavy atom. The van der Waals surface area contributed by atoms with Gasteiger partial charge in [-0.05, 0) is 58.1 Å². The Morgan fingerprint density at radius 1 is 0.784 bits per heavy atom. The van der Waals surface area contributed by atoms with E-state index in [2.05, 4.69) is 90.8 Å². The maximum Gasteiger partial charge on any atom is 0.414 e. The van der Waals surface area contributed by atoms with Crippen LogP contribution in [0.25, 0.3) is 22.0 Å². The minimum Gasteiger partial charge on any atom is -0.473 e. The first-order valence-electron chi connectivity index (χ1n) is 11.0. The summed E-state index contributed by atoms with van der Waals surface area (Å²) in [5.74, 6) is -6.43. The van der Waals surface area contributed by atoms with Crippen molar-refractivity contribution < 1.29 is 39.6 Å². The van der Waals surface area contributed by atoms with Gasteiger partial charge in [0.15, 0.2) is 5.82 Å². The SMILES string of the molecule is Cc1ccc(-c2nnc(NCCCN(C)C)c3ccccc23)cc1C.O=C(O)C(=O)O.O=C(O)C(=O)O. The van der Waals surface area contributed by atoms with Crippen LogP contribution in [0.3, 0.4) is 0 Å². The van der Waals surface area contributed by atoms with E-state index < -0.39 is 23.9 Å². The highest BCUT2D eigenvalue weighted by atomic mass is 16.4. The first kappa shape index (κ1) is 30.5. The molecule has 5 N–H and O–H groups in total.